The lowest BCUT2D eigenvalue weighted by Crippen LogP contribution is -2.05. The Hall–Kier alpha value is -1.85. The summed E-state index contributed by atoms with van der Waals surface area (Å²) in [5.41, 5.74) is 4.73. The monoisotopic (exact) mass is 213 g/mol. The van der Waals surface area contributed by atoms with Crippen LogP contribution in [0.25, 0.3) is 10.9 Å². The van der Waals surface area contributed by atoms with E-state index in [-0.39, 0.29) is 11.5 Å². The van der Waals surface area contributed by atoms with Gasteiger partial charge in [-0.25, -0.2) is 9.97 Å². The van der Waals surface area contributed by atoms with Crippen molar-refractivity contribution in [1.82, 2.24) is 9.97 Å². The summed E-state index contributed by atoms with van der Waals surface area (Å²) in [5, 5.41) is 0.525. The Morgan fingerprint density at radius 2 is 1.93 bits per heavy atom. The summed E-state index contributed by atoms with van der Waals surface area (Å²) in [5.74, 6) is -0.0400. The predicted molar refractivity (Wildman–Crippen MR) is 49.0 cm³/mol. The highest BCUT2D eigenvalue weighted by atomic mass is 19.4. The van der Waals surface area contributed by atoms with Gasteiger partial charge in [0, 0.05) is 11.6 Å². The third kappa shape index (κ3) is 1.83. The van der Waals surface area contributed by atoms with Gasteiger partial charge in [0.05, 0.1) is 11.1 Å². The number of alkyl halides is 3. The standard InChI is InChI=1S/C9H6F3N3/c10-9(11,12)6-2-1-5-4-14-8(13)15-7(5)3-6/h1-4H,(H2,13,14,15). The number of benzene rings is 1. The van der Waals surface area contributed by atoms with Crippen LogP contribution < -0.4 is 5.73 Å². The van der Waals surface area contributed by atoms with E-state index in [0.717, 1.165) is 12.1 Å². The van der Waals surface area contributed by atoms with Crippen molar-refractivity contribution in [2.45, 2.75) is 6.18 Å². The number of aromatic nitrogens is 2. The van der Waals surface area contributed by atoms with Crippen molar-refractivity contribution in [3.8, 4) is 0 Å². The highest BCUT2D eigenvalue weighted by molar-refractivity contribution is 5.79. The van der Waals surface area contributed by atoms with Gasteiger partial charge in [-0.1, -0.05) is 6.07 Å². The van der Waals surface area contributed by atoms with E-state index >= 15 is 0 Å². The summed E-state index contributed by atoms with van der Waals surface area (Å²) in [4.78, 5) is 7.40. The van der Waals surface area contributed by atoms with Crippen molar-refractivity contribution in [2.75, 3.05) is 5.73 Å². The number of nitrogen functional groups attached to an aromatic ring is 1. The molecule has 0 radical (unpaired) electrons. The van der Waals surface area contributed by atoms with Gasteiger partial charge in [0.15, 0.2) is 0 Å². The van der Waals surface area contributed by atoms with Crippen molar-refractivity contribution in [2.24, 2.45) is 0 Å². The molecule has 1 aromatic carbocycles. The zero-order valence-electron chi connectivity index (χ0n) is 7.42. The Bertz CT molecular complexity index is 507. The quantitative estimate of drug-likeness (QED) is 0.730. The van der Waals surface area contributed by atoms with E-state index in [4.69, 9.17) is 5.73 Å². The fraction of sp³-hybridized carbons (Fsp3) is 0.111. The van der Waals surface area contributed by atoms with E-state index in [1.165, 1.54) is 12.3 Å². The number of halogens is 3. The molecule has 0 unspecified atom stereocenters. The molecule has 1 aromatic heterocycles. The summed E-state index contributed by atoms with van der Waals surface area (Å²) in [6.07, 6.45) is -2.98. The molecule has 2 N–H and O–H groups in total. The topological polar surface area (TPSA) is 51.8 Å². The molecule has 6 heteroatoms. The van der Waals surface area contributed by atoms with Crippen molar-refractivity contribution in [3.05, 3.63) is 30.0 Å². The molecule has 3 nitrogen and oxygen atoms in total. The first kappa shape index (κ1) is 9.70. The summed E-state index contributed by atoms with van der Waals surface area (Å²) < 4.78 is 37.0. The van der Waals surface area contributed by atoms with Crippen LogP contribution >= 0.6 is 0 Å². The molecular formula is C9H6F3N3. The van der Waals surface area contributed by atoms with Crippen LogP contribution in [0.2, 0.25) is 0 Å². The lowest BCUT2D eigenvalue weighted by molar-refractivity contribution is -0.137. The molecule has 0 bridgehead atoms. The molecule has 0 saturated heterocycles. The van der Waals surface area contributed by atoms with Crippen LogP contribution in [-0.4, -0.2) is 9.97 Å². The van der Waals surface area contributed by atoms with Crippen LogP contribution in [0.3, 0.4) is 0 Å². The molecule has 0 saturated carbocycles. The predicted octanol–water partition coefficient (Wildman–Crippen LogP) is 2.23. The van der Waals surface area contributed by atoms with E-state index in [2.05, 4.69) is 9.97 Å². The Kier molecular flexibility index (Phi) is 1.99. The molecule has 0 spiro atoms. The number of nitrogens with two attached hydrogens (primary N) is 1. The van der Waals surface area contributed by atoms with Gasteiger partial charge in [0.25, 0.3) is 0 Å². The molecule has 0 aliphatic carbocycles. The van der Waals surface area contributed by atoms with Gasteiger partial charge >= 0.3 is 6.18 Å². The Morgan fingerprint density at radius 1 is 1.20 bits per heavy atom. The Balaban J connectivity index is 2.64. The van der Waals surface area contributed by atoms with Gasteiger partial charge in [0.1, 0.15) is 0 Å². The van der Waals surface area contributed by atoms with Gasteiger partial charge in [-0.2, -0.15) is 13.2 Å². The molecule has 15 heavy (non-hydrogen) atoms. The molecule has 2 aromatic rings. The van der Waals surface area contributed by atoms with Gasteiger partial charge in [-0.15, -0.1) is 0 Å². The van der Waals surface area contributed by atoms with Gasteiger partial charge < -0.3 is 5.73 Å². The van der Waals surface area contributed by atoms with Crippen LogP contribution in [0.5, 0.6) is 0 Å². The molecule has 0 fully saturated rings. The van der Waals surface area contributed by atoms with Crippen molar-refractivity contribution in [3.63, 3.8) is 0 Å². The van der Waals surface area contributed by atoms with Crippen molar-refractivity contribution in [1.29, 1.82) is 0 Å². The minimum atomic E-state index is -4.37. The van der Waals surface area contributed by atoms with Crippen LogP contribution in [-0.2, 0) is 6.18 Å². The fourth-order valence-electron chi connectivity index (χ4n) is 1.21. The molecule has 78 valence electrons. The maximum absolute atomic E-state index is 12.3. The molecule has 2 rings (SSSR count). The van der Waals surface area contributed by atoms with E-state index in [1.54, 1.807) is 0 Å². The highest BCUT2D eigenvalue weighted by Crippen LogP contribution is 2.30. The third-order valence-electron chi connectivity index (χ3n) is 1.93. The SMILES string of the molecule is Nc1ncc2ccc(C(F)(F)F)cc2n1. The fourth-order valence-corrected chi connectivity index (χ4v) is 1.21. The molecule has 0 amide bonds. The van der Waals surface area contributed by atoms with Crippen LogP contribution in [0, 0.1) is 0 Å². The first-order valence-electron chi connectivity index (χ1n) is 4.06. The molecule has 0 aliphatic rings. The van der Waals surface area contributed by atoms with Crippen molar-refractivity contribution >= 4 is 16.9 Å². The lowest BCUT2D eigenvalue weighted by atomic mass is 10.1. The number of hydrogen-bond acceptors (Lipinski definition) is 3. The zero-order chi connectivity index (χ0) is 11.1. The molecule has 0 atom stereocenters. The number of anilines is 1. The number of hydrogen-bond donors (Lipinski definition) is 1. The number of fused-ring (bicyclic) bond motifs is 1. The second kappa shape index (κ2) is 3.08. The second-order valence-corrected chi connectivity index (χ2v) is 3.00. The number of rotatable bonds is 0. The summed E-state index contributed by atoms with van der Waals surface area (Å²) >= 11 is 0. The smallest absolute Gasteiger partial charge is 0.368 e. The Labute approximate surface area is 82.8 Å². The van der Waals surface area contributed by atoms with Gasteiger partial charge in [-0.05, 0) is 12.1 Å². The van der Waals surface area contributed by atoms with E-state index in [0.29, 0.717) is 5.39 Å². The van der Waals surface area contributed by atoms with E-state index in [1.807, 2.05) is 0 Å². The van der Waals surface area contributed by atoms with Crippen molar-refractivity contribution < 1.29 is 13.2 Å². The first-order chi connectivity index (χ1) is 6.97. The average molecular weight is 213 g/mol. The van der Waals surface area contributed by atoms with Crippen LogP contribution in [0.1, 0.15) is 5.56 Å². The lowest BCUT2D eigenvalue weighted by Gasteiger charge is -2.06. The summed E-state index contributed by atoms with van der Waals surface area (Å²) in [6, 6.07) is 3.26. The Morgan fingerprint density at radius 3 is 2.60 bits per heavy atom. The second-order valence-electron chi connectivity index (χ2n) is 3.00. The van der Waals surface area contributed by atoms with Gasteiger partial charge in [-0.3, -0.25) is 0 Å². The van der Waals surface area contributed by atoms with Crippen LogP contribution in [0.15, 0.2) is 24.4 Å². The number of nitrogens with zero attached hydrogens (tertiary/aromatic N) is 2. The largest absolute Gasteiger partial charge is 0.416 e. The zero-order valence-corrected chi connectivity index (χ0v) is 7.42. The molecule has 1 heterocycles. The molecule has 0 aliphatic heterocycles. The van der Waals surface area contributed by atoms with E-state index in [9.17, 15) is 13.2 Å². The first-order valence-corrected chi connectivity index (χ1v) is 4.06. The van der Waals surface area contributed by atoms with E-state index < -0.39 is 11.7 Å². The maximum Gasteiger partial charge on any atom is 0.416 e. The minimum absolute atomic E-state index is 0.0400. The van der Waals surface area contributed by atoms with Gasteiger partial charge in [0.2, 0.25) is 5.95 Å². The normalized spacial score (nSPS) is 11.9. The highest BCUT2D eigenvalue weighted by Gasteiger charge is 2.30. The average Bonchev–Trinajstić information content (AvgIpc) is 2.15. The minimum Gasteiger partial charge on any atom is -0.368 e. The van der Waals surface area contributed by atoms with Crippen LogP contribution in [0.4, 0.5) is 19.1 Å². The molecular weight excluding hydrogens is 207 g/mol. The summed E-state index contributed by atoms with van der Waals surface area (Å²) in [7, 11) is 0. The summed E-state index contributed by atoms with van der Waals surface area (Å²) in [6.45, 7) is 0. The maximum atomic E-state index is 12.3. The third-order valence-corrected chi connectivity index (χ3v) is 1.93.